The van der Waals surface area contributed by atoms with Crippen LogP contribution in [-0.2, 0) is 28.4 Å². The van der Waals surface area contributed by atoms with Crippen LogP contribution >= 0.6 is 0 Å². The molecule has 0 aliphatic rings. The Labute approximate surface area is 187 Å². The lowest BCUT2D eigenvalue weighted by molar-refractivity contribution is 0.0175. The van der Waals surface area contributed by atoms with Gasteiger partial charge < -0.3 is 39.9 Å². The van der Waals surface area contributed by atoms with Crippen LogP contribution in [0.2, 0.25) is 0 Å². The zero-order chi connectivity index (χ0) is 22.5. The van der Waals surface area contributed by atoms with Crippen molar-refractivity contribution in [3.63, 3.8) is 0 Å². The molecule has 184 valence electrons. The zero-order valence-corrected chi connectivity index (χ0v) is 19.1. The fourth-order valence-electron chi connectivity index (χ4n) is 2.15. The summed E-state index contributed by atoms with van der Waals surface area (Å²) < 4.78 is 32.0. The number of ether oxygens (including phenoxy) is 6. The minimum absolute atomic E-state index is 0.539. The van der Waals surface area contributed by atoms with Crippen molar-refractivity contribution in [3.05, 3.63) is 0 Å². The molecular formula is C21H44N4O6. The molecule has 0 saturated heterocycles. The maximum atomic E-state index is 5.44. The summed E-state index contributed by atoms with van der Waals surface area (Å²) in [4.78, 5) is 8.66. The van der Waals surface area contributed by atoms with Gasteiger partial charge >= 0.3 is 0 Å². The molecule has 0 spiro atoms. The van der Waals surface area contributed by atoms with Crippen LogP contribution < -0.4 is 11.5 Å². The minimum Gasteiger partial charge on any atom is -0.378 e. The number of nitrogens with two attached hydrogens (primary N) is 2. The molecule has 0 unspecified atom stereocenters. The summed E-state index contributed by atoms with van der Waals surface area (Å²) in [6.45, 7) is 9.36. The highest BCUT2D eigenvalue weighted by Gasteiger charge is 1.92. The number of hydrogen-bond donors (Lipinski definition) is 2. The van der Waals surface area contributed by atoms with Gasteiger partial charge in [0.2, 0.25) is 0 Å². The zero-order valence-electron chi connectivity index (χ0n) is 19.1. The normalized spacial score (nSPS) is 11.9. The lowest BCUT2D eigenvalue weighted by Gasteiger charge is -2.05. The topological polar surface area (TPSA) is 132 Å². The molecule has 0 aliphatic heterocycles. The van der Waals surface area contributed by atoms with Crippen molar-refractivity contribution in [2.45, 2.75) is 19.3 Å². The fourth-order valence-corrected chi connectivity index (χ4v) is 2.15. The van der Waals surface area contributed by atoms with Crippen LogP contribution in [0.3, 0.4) is 0 Å². The van der Waals surface area contributed by atoms with Gasteiger partial charge in [-0.1, -0.05) is 0 Å². The molecule has 10 heteroatoms. The number of unbranched alkanes of at least 4 members (excludes halogenated alkanes) is 2. The van der Waals surface area contributed by atoms with Gasteiger partial charge in [-0.15, -0.1) is 0 Å². The second kappa shape index (κ2) is 29.0. The number of rotatable bonds is 26. The molecule has 0 aromatic heterocycles. The summed E-state index contributed by atoms with van der Waals surface area (Å²) in [5, 5.41) is 0. The van der Waals surface area contributed by atoms with E-state index in [0.717, 1.165) is 19.3 Å². The van der Waals surface area contributed by atoms with Gasteiger partial charge in [-0.3, -0.25) is 9.98 Å². The molecule has 0 aliphatic carbocycles. The lowest BCUT2D eigenvalue weighted by atomic mass is 10.2. The first-order valence-corrected chi connectivity index (χ1v) is 11.2. The Hall–Kier alpha value is -0.980. The van der Waals surface area contributed by atoms with Gasteiger partial charge in [0.25, 0.3) is 0 Å². The molecular weight excluding hydrogens is 404 g/mol. The average Bonchev–Trinajstić information content (AvgIpc) is 2.78. The Morgan fingerprint density at radius 1 is 0.452 bits per heavy atom. The van der Waals surface area contributed by atoms with Crippen molar-refractivity contribution in [2.75, 3.05) is 105 Å². The Kier molecular flexibility index (Phi) is 28.1. The lowest BCUT2D eigenvalue weighted by Crippen LogP contribution is -2.14. The fraction of sp³-hybridized carbons (Fsp3) is 0.905. The van der Waals surface area contributed by atoms with Gasteiger partial charge in [-0.05, 0) is 31.7 Å². The third-order valence-electron chi connectivity index (χ3n) is 3.67. The maximum Gasteiger partial charge on any atom is 0.0701 e. The number of aliphatic imine (C=N–C) groups is 2. The first-order chi connectivity index (χ1) is 15.4. The van der Waals surface area contributed by atoms with E-state index in [9.17, 15) is 0 Å². The highest BCUT2D eigenvalue weighted by molar-refractivity contribution is 5.60. The van der Waals surface area contributed by atoms with Crippen molar-refractivity contribution in [2.24, 2.45) is 21.5 Å². The molecule has 4 N–H and O–H groups in total. The van der Waals surface area contributed by atoms with Gasteiger partial charge in [0.1, 0.15) is 0 Å². The smallest absolute Gasteiger partial charge is 0.0701 e. The van der Waals surface area contributed by atoms with E-state index in [2.05, 4.69) is 9.98 Å². The SMILES string of the molecule is NCCOCCOCCOCCN=CCCCC=NCCOCCOCCOCCN. The minimum atomic E-state index is 0.539. The van der Waals surface area contributed by atoms with Crippen LogP contribution in [0.15, 0.2) is 9.98 Å². The summed E-state index contributed by atoms with van der Waals surface area (Å²) >= 11 is 0. The average molecular weight is 449 g/mol. The molecule has 0 bridgehead atoms. The van der Waals surface area contributed by atoms with Gasteiger partial charge in [-0.2, -0.15) is 0 Å². The summed E-state index contributed by atoms with van der Waals surface area (Å²) in [6.07, 6.45) is 6.83. The van der Waals surface area contributed by atoms with E-state index in [1.807, 2.05) is 12.4 Å². The molecule has 0 heterocycles. The Bertz CT molecular complexity index is 355. The van der Waals surface area contributed by atoms with Gasteiger partial charge in [0.05, 0.1) is 92.4 Å². The van der Waals surface area contributed by atoms with Gasteiger partial charge in [0.15, 0.2) is 0 Å². The first kappa shape index (κ1) is 30.0. The second-order valence-electron chi connectivity index (χ2n) is 6.36. The molecule has 0 aromatic carbocycles. The third-order valence-corrected chi connectivity index (χ3v) is 3.67. The van der Waals surface area contributed by atoms with E-state index < -0.39 is 0 Å². The van der Waals surface area contributed by atoms with Crippen molar-refractivity contribution in [3.8, 4) is 0 Å². The highest BCUT2D eigenvalue weighted by Crippen LogP contribution is 1.91. The van der Waals surface area contributed by atoms with Crippen LogP contribution in [0.5, 0.6) is 0 Å². The molecule has 10 nitrogen and oxygen atoms in total. The first-order valence-electron chi connectivity index (χ1n) is 11.2. The van der Waals surface area contributed by atoms with Gasteiger partial charge in [0, 0.05) is 13.1 Å². The predicted molar refractivity (Wildman–Crippen MR) is 124 cm³/mol. The molecule has 0 saturated carbocycles. The van der Waals surface area contributed by atoms with Crippen LogP contribution in [0.1, 0.15) is 19.3 Å². The van der Waals surface area contributed by atoms with E-state index in [1.165, 1.54) is 0 Å². The van der Waals surface area contributed by atoms with E-state index >= 15 is 0 Å². The van der Waals surface area contributed by atoms with Crippen molar-refractivity contribution in [1.29, 1.82) is 0 Å². The van der Waals surface area contributed by atoms with Crippen molar-refractivity contribution >= 4 is 12.4 Å². The van der Waals surface area contributed by atoms with Crippen LogP contribution in [0.25, 0.3) is 0 Å². The van der Waals surface area contributed by atoms with Gasteiger partial charge in [-0.25, -0.2) is 0 Å². The van der Waals surface area contributed by atoms with E-state index in [4.69, 9.17) is 39.9 Å². The Balaban J connectivity index is 3.14. The largest absolute Gasteiger partial charge is 0.378 e. The number of nitrogens with zero attached hydrogens (tertiary/aromatic N) is 2. The number of hydrogen-bond acceptors (Lipinski definition) is 10. The second-order valence-corrected chi connectivity index (χ2v) is 6.36. The molecule has 0 radical (unpaired) electrons. The maximum absolute atomic E-state index is 5.44. The molecule has 0 amide bonds. The quantitative estimate of drug-likeness (QED) is 0.143. The summed E-state index contributed by atoms with van der Waals surface area (Å²) in [7, 11) is 0. The summed E-state index contributed by atoms with van der Waals surface area (Å²) in [5.74, 6) is 0. The van der Waals surface area contributed by atoms with Crippen LogP contribution in [0, 0.1) is 0 Å². The highest BCUT2D eigenvalue weighted by atomic mass is 16.5. The third kappa shape index (κ3) is 29.0. The molecule has 0 atom stereocenters. The monoisotopic (exact) mass is 448 g/mol. The van der Waals surface area contributed by atoms with E-state index in [1.54, 1.807) is 0 Å². The summed E-state index contributed by atoms with van der Waals surface area (Å²) in [6, 6.07) is 0. The Morgan fingerprint density at radius 3 is 1.13 bits per heavy atom. The van der Waals surface area contributed by atoms with Crippen molar-refractivity contribution in [1.82, 2.24) is 0 Å². The predicted octanol–water partition coefficient (Wildman–Crippen LogP) is 0.315. The van der Waals surface area contributed by atoms with E-state index in [0.29, 0.717) is 105 Å². The van der Waals surface area contributed by atoms with Crippen molar-refractivity contribution < 1.29 is 28.4 Å². The van der Waals surface area contributed by atoms with Crippen LogP contribution in [-0.4, -0.2) is 118 Å². The molecule has 0 aromatic rings. The molecule has 0 rings (SSSR count). The molecule has 0 fully saturated rings. The van der Waals surface area contributed by atoms with E-state index in [-0.39, 0.29) is 0 Å². The summed E-state index contributed by atoms with van der Waals surface area (Å²) in [5.41, 5.74) is 10.6. The molecule has 31 heavy (non-hydrogen) atoms. The standard InChI is InChI=1S/C21H44N4O6/c22-4-10-26-14-18-30-20-16-28-12-8-24-6-2-1-3-7-25-9-13-29-17-21-31-19-15-27-11-5-23/h6-7H,1-5,8-23H2. The Morgan fingerprint density at radius 2 is 0.774 bits per heavy atom. The van der Waals surface area contributed by atoms with Crippen LogP contribution in [0.4, 0.5) is 0 Å².